The SMILES string of the molecule is N[C@@H](Cc1ccc(-c2nccs2)cc1)C(=O)OC(=O)C(CS)Cc1ccccc1F. The van der Waals surface area contributed by atoms with Gasteiger partial charge < -0.3 is 10.5 Å². The van der Waals surface area contributed by atoms with Crippen LogP contribution in [0.1, 0.15) is 11.1 Å². The zero-order valence-corrected chi connectivity index (χ0v) is 17.7. The second-order valence-corrected chi connectivity index (χ2v) is 8.02. The highest BCUT2D eigenvalue weighted by molar-refractivity contribution is 7.80. The molecule has 30 heavy (non-hydrogen) atoms. The Kier molecular flexibility index (Phi) is 7.73. The van der Waals surface area contributed by atoms with Gasteiger partial charge in [-0.2, -0.15) is 12.6 Å². The molecule has 0 saturated carbocycles. The van der Waals surface area contributed by atoms with Crippen LogP contribution in [0.3, 0.4) is 0 Å². The first-order chi connectivity index (χ1) is 14.5. The number of thiol groups is 1. The Labute approximate surface area is 183 Å². The number of carbonyl (C=O) groups excluding carboxylic acids is 2. The third-order valence-electron chi connectivity index (χ3n) is 4.57. The quantitative estimate of drug-likeness (QED) is 0.315. The number of thiazole rings is 1. The van der Waals surface area contributed by atoms with Crippen molar-refractivity contribution in [1.29, 1.82) is 0 Å². The number of nitrogens with zero attached hydrogens (tertiary/aromatic N) is 1. The molecule has 3 aromatic rings. The Morgan fingerprint density at radius 3 is 2.47 bits per heavy atom. The first-order valence-corrected chi connectivity index (χ1v) is 10.8. The molecular weight excluding hydrogens is 423 g/mol. The fourth-order valence-electron chi connectivity index (χ4n) is 2.90. The van der Waals surface area contributed by atoms with Crippen LogP contribution in [-0.4, -0.2) is 28.7 Å². The van der Waals surface area contributed by atoms with Crippen LogP contribution >= 0.6 is 24.0 Å². The minimum atomic E-state index is -0.992. The van der Waals surface area contributed by atoms with Crippen molar-refractivity contribution >= 4 is 35.9 Å². The lowest BCUT2D eigenvalue weighted by molar-refractivity contribution is -0.163. The third kappa shape index (κ3) is 5.75. The predicted octanol–water partition coefficient (Wildman–Crippen LogP) is 3.68. The smallest absolute Gasteiger partial charge is 0.330 e. The molecule has 2 atom stereocenters. The maximum atomic E-state index is 13.8. The van der Waals surface area contributed by atoms with Gasteiger partial charge >= 0.3 is 11.9 Å². The van der Waals surface area contributed by atoms with E-state index in [0.29, 0.717) is 5.56 Å². The maximum Gasteiger partial charge on any atom is 0.330 e. The molecule has 3 rings (SSSR count). The minimum Gasteiger partial charge on any atom is -0.392 e. The van der Waals surface area contributed by atoms with Crippen LogP contribution in [0.15, 0.2) is 60.1 Å². The van der Waals surface area contributed by atoms with Crippen LogP contribution in [0.2, 0.25) is 0 Å². The second-order valence-electron chi connectivity index (χ2n) is 6.76. The van der Waals surface area contributed by atoms with Gasteiger partial charge in [0.15, 0.2) is 0 Å². The van der Waals surface area contributed by atoms with Gasteiger partial charge in [0.25, 0.3) is 0 Å². The van der Waals surface area contributed by atoms with E-state index in [9.17, 15) is 14.0 Å². The highest BCUT2D eigenvalue weighted by atomic mass is 32.1. The van der Waals surface area contributed by atoms with Gasteiger partial charge in [-0.15, -0.1) is 11.3 Å². The normalized spacial score (nSPS) is 12.9. The van der Waals surface area contributed by atoms with E-state index in [1.807, 2.05) is 29.6 Å². The lowest BCUT2D eigenvalue weighted by Gasteiger charge is -2.16. The Morgan fingerprint density at radius 2 is 1.83 bits per heavy atom. The zero-order valence-electron chi connectivity index (χ0n) is 16.0. The third-order valence-corrected chi connectivity index (χ3v) is 5.83. The van der Waals surface area contributed by atoms with Gasteiger partial charge in [-0.05, 0) is 30.0 Å². The highest BCUT2D eigenvalue weighted by Crippen LogP contribution is 2.22. The van der Waals surface area contributed by atoms with Crippen LogP contribution in [0.25, 0.3) is 10.6 Å². The summed E-state index contributed by atoms with van der Waals surface area (Å²) in [5, 5.41) is 2.81. The van der Waals surface area contributed by atoms with Crippen molar-refractivity contribution in [3.63, 3.8) is 0 Å². The lowest BCUT2D eigenvalue weighted by atomic mass is 10.0. The minimum absolute atomic E-state index is 0.0930. The van der Waals surface area contributed by atoms with Gasteiger partial charge in [0.2, 0.25) is 0 Å². The summed E-state index contributed by atoms with van der Waals surface area (Å²) >= 11 is 5.67. The molecule has 1 unspecified atom stereocenters. The van der Waals surface area contributed by atoms with Gasteiger partial charge in [-0.3, -0.25) is 4.79 Å². The Balaban J connectivity index is 1.56. The van der Waals surface area contributed by atoms with Crippen LogP contribution in [0, 0.1) is 11.7 Å². The number of hydrogen-bond acceptors (Lipinski definition) is 7. The number of aromatic nitrogens is 1. The van der Waals surface area contributed by atoms with Crippen molar-refractivity contribution in [2.24, 2.45) is 11.7 Å². The van der Waals surface area contributed by atoms with Crippen molar-refractivity contribution in [2.75, 3.05) is 5.75 Å². The molecule has 0 amide bonds. The summed E-state index contributed by atoms with van der Waals surface area (Å²) in [4.78, 5) is 28.9. The zero-order chi connectivity index (χ0) is 21.5. The molecule has 0 fully saturated rings. The first-order valence-electron chi connectivity index (χ1n) is 9.32. The van der Waals surface area contributed by atoms with Crippen molar-refractivity contribution in [3.05, 3.63) is 77.1 Å². The summed E-state index contributed by atoms with van der Waals surface area (Å²) < 4.78 is 18.8. The predicted molar refractivity (Wildman–Crippen MR) is 118 cm³/mol. The highest BCUT2D eigenvalue weighted by Gasteiger charge is 2.26. The summed E-state index contributed by atoms with van der Waals surface area (Å²) in [6.07, 6.45) is 2.06. The van der Waals surface area contributed by atoms with E-state index in [1.165, 1.54) is 17.4 Å². The van der Waals surface area contributed by atoms with Crippen molar-refractivity contribution in [3.8, 4) is 10.6 Å². The van der Waals surface area contributed by atoms with Gasteiger partial charge in [-0.1, -0.05) is 42.5 Å². The van der Waals surface area contributed by atoms with E-state index >= 15 is 0 Å². The molecule has 0 aliphatic rings. The molecule has 156 valence electrons. The van der Waals surface area contributed by atoms with Gasteiger partial charge in [-0.25, -0.2) is 14.2 Å². The van der Waals surface area contributed by atoms with Crippen LogP contribution < -0.4 is 5.73 Å². The molecular formula is C22H21FN2O3S2. The number of rotatable bonds is 8. The van der Waals surface area contributed by atoms with Gasteiger partial charge in [0, 0.05) is 22.9 Å². The molecule has 1 heterocycles. The first kappa shape index (κ1) is 22.1. The number of hydrogen-bond donors (Lipinski definition) is 2. The molecule has 0 bridgehead atoms. The fraction of sp³-hybridized carbons (Fsp3) is 0.227. The average molecular weight is 445 g/mol. The van der Waals surface area contributed by atoms with Gasteiger partial charge in [0.1, 0.15) is 16.9 Å². The second kappa shape index (κ2) is 10.5. The molecule has 0 aliphatic heterocycles. The summed E-state index contributed by atoms with van der Waals surface area (Å²) in [5.41, 5.74) is 8.11. The largest absolute Gasteiger partial charge is 0.392 e. The van der Waals surface area contributed by atoms with Crippen LogP contribution in [0.5, 0.6) is 0 Å². The molecule has 8 heteroatoms. The molecule has 0 saturated heterocycles. The van der Waals surface area contributed by atoms with Gasteiger partial charge in [0.05, 0.1) is 5.92 Å². The van der Waals surface area contributed by atoms with E-state index in [2.05, 4.69) is 17.6 Å². The number of nitrogens with two attached hydrogens (primary N) is 1. The number of esters is 2. The van der Waals surface area contributed by atoms with E-state index < -0.39 is 29.7 Å². The topological polar surface area (TPSA) is 82.3 Å². The molecule has 0 aliphatic carbocycles. The average Bonchev–Trinajstić information content (AvgIpc) is 3.28. The van der Waals surface area contributed by atoms with Crippen molar-refractivity contribution in [2.45, 2.75) is 18.9 Å². The van der Waals surface area contributed by atoms with E-state index in [0.717, 1.165) is 16.1 Å². The Bertz CT molecular complexity index is 994. The molecule has 2 N–H and O–H groups in total. The number of ether oxygens (including phenoxy) is 1. The number of halogens is 1. The summed E-state index contributed by atoms with van der Waals surface area (Å²) in [7, 11) is 0. The van der Waals surface area contributed by atoms with E-state index in [1.54, 1.807) is 24.4 Å². The van der Waals surface area contributed by atoms with Crippen LogP contribution in [-0.2, 0) is 27.2 Å². The van der Waals surface area contributed by atoms with E-state index in [4.69, 9.17) is 10.5 Å². The Morgan fingerprint density at radius 1 is 1.10 bits per heavy atom. The number of benzene rings is 2. The summed E-state index contributed by atoms with van der Waals surface area (Å²) in [6, 6.07) is 12.7. The molecule has 0 radical (unpaired) electrons. The maximum absolute atomic E-state index is 13.8. The molecule has 5 nitrogen and oxygen atoms in total. The van der Waals surface area contributed by atoms with Crippen LogP contribution in [0.4, 0.5) is 4.39 Å². The molecule has 2 aromatic carbocycles. The van der Waals surface area contributed by atoms with Crippen molar-refractivity contribution < 1.29 is 18.7 Å². The fourth-order valence-corrected chi connectivity index (χ4v) is 3.82. The van der Waals surface area contributed by atoms with E-state index in [-0.39, 0.29) is 18.6 Å². The molecule has 0 spiro atoms. The summed E-state index contributed by atoms with van der Waals surface area (Å²) in [5.74, 6) is -2.62. The summed E-state index contributed by atoms with van der Waals surface area (Å²) in [6.45, 7) is 0. The number of carbonyl (C=O) groups is 2. The Hall–Kier alpha value is -2.55. The molecule has 1 aromatic heterocycles. The van der Waals surface area contributed by atoms with Crippen molar-refractivity contribution in [1.82, 2.24) is 4.98 Å². The standard InChI is InChI=1S/C22H21FN2O3S2/c23-18-4-2-1-3-16(18)12-17(13-29)21(26)28-22(27)19(24)11-14-5-7-15(8-6-14)20-25-9-10-30-20/h1-10,17,19,29H,11-13,24H2/t17?,19-/m0/s1. The monoisotopic (exact) mass is 444 g/mol. The lowest BCUT2D eigenvalue weighted by Crippen LogP contribution is -2.37.